The van der Waals surface area contributed by atoms with Crippen molar-refractivity contribution in [2.24, 2.45) is 4.99 Å². The van der Waals surface area contributed by atoms with Crippen molar-refractivity contribution in [3.05, 3.63) is 24.2 Å². The summed E-state index contributed by atoms with van der Waals surface area (Å²) >= 11 is 0. The minimum absolute atomic E-state index is 0.0140. The predicted molar refractivity (Wildman–Crippen MR) is 98.8 cm³/mol. The number of guanidine groups is 1. The van der Waals surface area contributed by atoms with Gasteiger partial charge in [-0.2, -0.15) is 0 Å². The molecule has 142 valence electrons. The van der Waals surface area contributed by atoms with E-state index in [1.165, 1.54) is 0 Å². The van der Waals surface area contributed by atoms with Crippen LogP contribution in [0.4, 0.5) is 0 Å². The number of aromatic nitrogens is 3. The lowest BCUT2D eigenvalue weighted by Crippen LogP contribution is -2.56. The quantitative estimate of drug-likeness (QED) is 0.517. The lowest BCUT2D eigenvalue weighted by atomic mass is 10.0. The van der Waals surface area contributed by atoms with Gasteiger partial charge in [0.25, 0.3) is 0 Å². The number of aliphatic imine (C=N–C) groups is 1. The van der Waals surface area contributed by atoms with E-state index >= 15 is 0 Å². The number of nitrogens with zero attached hydrogens (tertiary/aromatic N) is 4. The van der Waals surface area contributed by atoms with Gasteiger partial charge in [0.05, 0.1) is 26.0 Å². The first-order chi connectivity index (χ1) is 12.6. The number of hydrogen-bond acceptors (Lipinski definition) is 6. The molecule has 2 aromatic rings. The third kappa shape index (κ3) is 4.61. The average Bonchev–Trinajstić information content (AvgIpc) is 3.34. The SMILES string of the molecule is CN=C(NCc1nc(-c2ccco2)n[nH]1)NCC(C)(C)N1CCOCC1. The molecule has 3 N–H and O–H groups in total. The molecule has 0 spiro atoms. The van der Waals surface area contributed by atoms with E-state index in [9.17, 15) is 0 Å². The zero-order valence-electron chi connectivity index (χ0n) is 15.6. The van der Waals surface area contributed by atoms with E-state index in [0.717, 1.165) is 38.8 Å². The highest BCUT2D eigenvalue weighted by Gasteiger charge is 2.28. The van der Waals surface area contributed by atoms with Gasteiger partial charge in [-0.25, -0.2) is 4.98 Å². The second kappa shape index (κ2) is 8.33. The van der Waals surface area contributed by atoms with E-state index in [2.05, 4.69) is 49.6 Å². The van der Waals surface area contributed by atoms with Gasteiger partial charge in [0.1, 0.15) is 5.82 Å². The minimum atomic E-state index is 0.0140. The van der Waals surface area contributed by atoms with Crippen molar-refractivity contribution in [3.63, 3.8) is 0 Å². The van der Waals surface area contributed by atoms with Crippen molar-refractivity contribution >= 4 is 5.96 Å². The Morgan fingerprint density at radius 1 is 1.35 bits per heavy atom. The Bertz CT molecular complexity index is 703. The Morgan fingerprint density at radius 2 is 2.15 bits per heavy atom. The largest absolute Gasteiger partial charge is 0.461 e. The number of nitrogens with one attached hydrogen (secondary N) is 3. The minimum Gasteiger partial charge on any atom is -0.461 e. The molecule has 1 saturated heterocycles. The predicted octanol–water partition coefficient (Wildman–Crippen LogP) is 0.841. The van der Waals surface area contributed by atoms with Crippen LogP contribution in [0.2, 0.25) is 0 Å². The molecule has 0 aromatic carbocycles. The summed E-state index contributed by atoms with van der Waals surface area (Å²) in [6, 6.07) is 3.64. The van der Waals surface area contributed by atoms with Crippen molar-refractivity contribution < 1.29 is 9.15 Å². The fourth-order valence-corrected chi connectivity index (χ4v) is 2.86. The van der Waals surface area contributed by atoms with Crippen molar-refractivity contribution in [1.29, 1.82) is 0 Å². The van der Waals surface area contributed by atoms with Gasteiger partial charge in [-0.05, 0) is 26.0 Å². The van der Waals surface area contributed by atoms with Gasteiger partial charge in [0.2, 0.25) is 5.82 Å². The van der Waals surface area contributed by atoms with Crippen LogP contribution in [0.15, 0.2) is 27.8 Å². The molecule has 9 nitrogen and oxygen atoms in total. The summed E-state index contributed by atoms with van der Waals surface area (Å²) in [5, 5.41) is 13.7. The fraction of sp³-hybridized carbons (Fsp3) is 0.588. The average molecular weight is 361 g/mol. The lowest BCUT2D eigenvalue weighted by molar-refractivity contribution is -0.00834. The molecule has 0 atom stereocenters. The van der Waals surface area contributed by atoms with Crippen LogP contribution in [-0.2, 0) is 11.3 Å². The molecular weight excluding hydrogens is 334 g/mol. The lowest BCUT2D eigenvalue weighted by Gasteiger charge is -2.41. The van der Waals surface area contributed by atoms with Gasteiger partial charge in [-0.1, -0.05) is 0 Å². The molecule has 0 radical (unpaired) electrons. The van der Waals surface area contributed by atoms with Crippen molar-refractivity contribution in [2.75, 3.05) is 39.9 Å². The van der Waals surface area contributed by atoms with Crippen LogP contribution in [0.5, 0.6) is 0 Å². The van der Waals surface area contributed by atoms with Crippen molar-refractivity contribution in [2.45, 2.75) is 25.9 Å². The summed E-state index contributed by atoms with van der Waals surface area (Å²) in [5.74, 6) is 2.62. The number of H-pyrrole nitrogens is 1. The molecule has 9 heteroatoms. The molecule has 1 aliphatic heterocycles. The van der Waals surface area contributed by atoms with E-state index in [4.69, 9.17) is 9.15 Å². The molecule has 0 unspecified atom stereocenters. The van der Waals surface area contributed by atoms with Crippen LogP contribution in [0.1, 0.15) is 19.7 Å². The van der Waals surface area contributed by atoms with Gasteiger partial charge in [0.15, 0.2) is 11.7 Å². The van der Waals surface area contributed by atoms with Crippen molar-refractivity contribution in [3.8, 4) is 11.6 Å². The van der Waals surface area contributed by atoms with Gasteiger partial charge < -0.3 is 19.8 Å². The van der Waals surface area contributed by atoms with E-state index in [1.807, 2.05) is 12.1 Å². The molecule has 2 aromatic heterocycles. The second-order valence-corrected chi connectivity index (χ2v) is 6.77. The second-order valence-electron chi connectivity index (χ2n) is 6.77. The first kappa shape index (κ1) is 18.4. The normalized spacial score (nSPS) is 16.7. The number of ether oxygens (including phenoxy) is 1. The topological polar surface area (TPSA) is 104 Å². The van der Waals surface area contributed by atoms with Crippen LogP contribution in [0, 0.1) is 0 Å². The number of aromatic amines is 1. The molecule has 3 heterocycles. The summed E-state index contributed by atoms with van der Waals surface area (Å²) in [6.45, 7) is 9.21. The highest BCUT2D eigenvalue weighted by Crippen LogP contribution is 2.15. The number of morpholine rings is 1. The Balaban J connectivity index is 1.49. The third-order valence-corrected chi connectivity index (χ3v) is 4.48. The maximum Gasteiger partial charge on any atom is 0.216 e. The molecule has 0 aliphatic carbocycles. The monoisotopic (exact) mass is 361 g/mol. The summed E-state index contributed by atoms with van der Waals surface area (Å²) in [7, 11) is 1.76. The molecule has 1 fully saturated rings. The smallest absolute Gasteiger partial charge is 0.216 e. The zero-order chi connectivity index (χ0) is 18.4. The third-order valence-electron chi connectivity index (χ3n) is 4.48. The zero-order valence-corrected chi connectivity index (χ0v) is 15.6. The van der Waals surface area contributed by atoms with Crippen LogP contribution in [0.3, 0.4) is 0 Å². The summed E-state index contributed by atoms with van der Waals surface area (Å²) in [4.78, 5) is 11.1. The van der Waals surface area contributed by atoms with E-state index < -0.39 is 0 Å². The molecule has 0 saturated carbocycles. The number of furan rings is 1. The van der Waals surface area contributed by atoms with Crippen LogP contribution in [-0.4, -0.2) is 71.5 Å². The number of hydrogen-bond donors (Lipinski definition) is 3. The molecule has 0 amide bonds. The van der Waals surface area contributed by atoms with Crippen LogP contribution < -0.4 is 10.6 Å². The standard InChI is InChI=1S/C17H27N7O2/c1-17(2,24-6-9-25-10-7-24)12-20-16(18-3)19-11-14-21-15(23-22-14)13-5-4-8-26-13/h4-5,8H,6-7,9-12H2,1-3H3,(H2,18,19,20)(H,21,22,23). The van der Waals surface area contributed by atoms with Crippen molar-refractivity contribution in [1.82, 2.24) is 30.7 Å². The maximum absolute atomic E-state index is 5.44. The Morgan fingerprint density at radius 3 is 2.85 bits per heavy atom. The Hall–Kier alpha value is -2.39. The van der Waals surface area contributed by atoms with E-state index in [-0.39, 0.29) is 5.54 Å². The molecule has 1 aliphatic rings. The highest BCUT2D eigenvalue weighted by atomic mass is 16.5. The van der Waals surface area contributed by atoms with Crippen LogP contribution >= 0.6 is 0 Å². The highest BCUT2D eigenvalue weighted by molar-refractivity contribution is 5.79. The number of rotatable bonds is 6. The summed E-state index contributed by atoms with van der Waals surface area (Å²) < 4.78 is 10.7. The van der Waals surface area contributed by atoms with Crippen LogP contribution in [0.25, 0.3) is 11.6 Å². The fourth-order valence-electron chi connectivity index (χ4n) is 2.86. The first-order valence-electron chi connectivity index (χ1n) is 8.81. The van der Waals surface area contributed by atoms with E-state index in [1.54, 1.807) is 13.3 Å². The van der Waals surface area contributed by atoms with E-state index in [0.29, 0.717) is 24.0 Å². The molecule has 26 heavy (non-hydrogen) atoms. The molecular formula is C17H27N7O2. The summed E-state index contributed by atoms with van der Waals surface area (Å²) in [5.41, 5.74) is 0.0140. The van der Waals surface area contributed by atoms with Gasteiger partial charge in [-0.3, -0.25) is 15.0 Å². The molecule has 3 rings (SSSR count). The molecule has 0 bridgehead atoms. The van der Waals surface area contributed by atoms with Gasteiger partial charge in [-0.15, -0.1) is 5.10 Å². The summed E-state index contributed by atoms with van der Waals surface area (Å²) in [6.07, 6.45) is 1.60. The first-order valence-corrected chi connectivity index (χ1v) is 8.81. The maximum atomic E-state index is 5.44. The van der Waals surface area contributed by atoms with Gasteiger partial charge >= 0.3 is 0 Å². The Kier molecular flexibility index (Phi) is 5.89. The van der Waals surface area contributed by atoms with Gasteiger partial charge in [0, 0.05) is 32.2 Å². The Labute approximate surface area is 153 Å².